The summed E-state index contributed by atoms with van der Waals surface area (Å²) in [5, 5.41) is 5.69. The first-order valence-corrected chi connectivity index (χ1v) is 9.82. The highest BCUT2D eigenvalue weighted by Crippen LogP contribution is 2.25. The molecule has 0 atom stereocenters. The molecule has 4 rings (SSSR count). The van der Waals surface area contributed by atoms with Gasteiger partial charge in [0, 0.05) is 5.56 Å². The number of benzene rings is 2. The van der Waals surface area contributed by atoms with E-state index < -0.39 is 17.6 Å². The molecule has 0 aliphatic carbocycles. The van der Waals surface area contributed by atoms with Crippen molar-refractivity contribution in [2.45, 2.75) is 5.03 Å². The first-order chi connectivity index (χ1) is 14.6. The molecule has 2 amide bonds. The molecule has 0 bridgehead atoms. The number of carbonyl (C=O) groups excluding carboxylic acids is 2. The summed E-state index contributed by atoms with van der Waals surface area (Å²) >= 11 is 1.20. The number of rotatable bonds is 5. The molecule has 150 valence electrons. The van der Waals surface area contributed by atoms with Crippen LogP contribution < -0.4 is 10.9 Å². The van der Waals surface area contributed by atoms with Crippen molar-refractivity contribution in [3.8, 4) is 5.69 Å². The van der Waals surface area contributed by atoms with Crippen molar-refractivity contribution in [1.82, 2.24) is 30.6 Å². The number of para-hydroxylation sites is 1. The molecule has 0 aliphatic rings. The minimum Gasteiger partial charge on any atom is -0.272 e. The van der Waals surface area contributed by atoms with Gasteiger partial charge in [-0.2, -0.15) is 5.10 Å². The van der Waals surface area contributed by atoms with Crippen LogP contribution >= 0.6 is 11.8 Å². The van der Waals surface area contributed by atoms with Crippen molar-refractivity contribution >= 4 is 34.6 Å². The third kappa shape index (κ3) is 4.28. The van der Waals surface area contributed by atoms with Crippen LogP contribution in [0.3, 0.4) is 0 Å². The largest absolute Gasteiger partial charge is 0.272 e. The van der Waals surface area contributed by atoms with Crippen molar-refractivity contribution in [3.05, 3.63) is 78.5 Å². The number of carbonyl (C=O) groups is 2. The normalized spacial score (nSPS) is 10.7. The van der Waals surface area contributed by atoms with Gasteiger partial charge in [0.25, 0.3) is 5.91 Å². The molecule has 0 unspecified atom stereocenters. The molecular weight excluding hydrogens is 407 g/mol. The maximum absolute atomic E-state index is 12.9. The van der Waals surface area contributed by atoms with Crippen LogP contribution in [0, 0.1) is 5.82 Å². The van der Waals surface area contributed by atoms with E-state index in [0.717, 1.165) is 11.1 Å². The average molecular weight is 422 g/mol. The highest BCUT2D eigenvalue weighted by Gasteiger charge is 2.13. The van der Waals surface area contributed by atoms with Crippen LogP contribution in [0.15, 0.2) is 72.1 Å². The van der Waals surface area contributed by atoms with Gasteiger partial charge in [-0.05, 0) is 36.4 Å². The van der Waals surface area contributed by atoms with Crippen LogP contribution in [-0.2, 0) is 4.79 Å². The maximum Gasteiger partial charge on any atom is 0.269 e. The van der Waals surface area contributed by atoms with Crippen molar-refractivity contribution in [1.29, 1.82) is 0 Å². The van der Waals surface area contributed by atoms with Crippen LogP contribution in [0.25, 0.3) is 16.7 Å². The summed E-state index contributed by atoms with van der Waals surface area (Å²) in [5.74, 6) is -1.38. The number of hydrogen-bond acceptors (Lipinski definition) is 6. The SMILES string of the molecule is O=C(CSc1ncnc2c1cnn2-c1ccccc1)NNC(=O)c1ccc(F)cc1. The predicted octanol–water partition coefficient (Wildman–Crippen LogP) is 2.51. The van der Waals surface area contributed by atoms with E-state index in [4.69, 9.17) is 0 Å². The highest BCUT2D eigenvalue weighted by molar-refractivity contribution is 8.00. The fourth-order valence-electron chi connectivity index (χ4n) is 2.67. The zero-order chi connectivity index (χ0) is 20.9. The summed E-state index contributed by atoms with van der Waals surface area (Å²) in [7, 11) is 0. The Hall–Kier alpha value is -3.79. The van der Waals surface area contributed by atoms with Gasteiger partial charge in [0.15, 0.2) is 5.65 Å². The summed E-state index contributed by atoms with van der Waals surface area (Å²) in [6.45, 7) is 0. The Morgan fingerprint density at radius 3 is 2.53 bits per heavy atom. The number of halogens is 1. The van der Waals surface area contributed by atoms with Crippen LogP contribution in [0.2, 0.25) is 0 Å². The summed E-state index contributed by atoms with van der Waals surface area (Å²) in [6, 6.07) is 14.6. The third-order valence-corrected chi connectivity index (χ3v) is 5.10. The van der Waals surface area contributed by atoms with E-state index in [1.54, 1.807) is 10.9 Å². The number of thioether (sulfide) groups is 1. The first-order valence-electron chi connectivity index (χ1n) is 8.83. The summed E-state index contributed by atoms with van der Waals surface area (Å²) < 4.78 is 14.6. The smallest absolute Gasteiger partial charge is 0.269 e. The first kappa shape index (κ1) is 19.5. The van der Waals surface area contributed by atoms with Gasteiger partial charge in [0.2, 0.25) is 5.91 Å². The Morgan fingerprint density at radius 1 is 1.00 bits per heavy atom. The van der Waals surface area contributed by atoms with Gasteiger partial charge in [-0.3, -0.25) is 20.4 Å². The molecule has 2 aromatic carbocycles. The summed E-state index contributed by atoms with van der Waals surface area (Å²) in [4.78, 5) is 32.6. The van der Waals surface area contributed by atoms with E-state index in [1.165, 1.54) is 42.4 Å². The fraction of sp³-hybridized carbons (Fsp3) is 0.0500. The standard InChI is InChI=1S/C20H15FN6O2S/c21-14-8-6-13(7-9-14)19(29)26-25-17(28)11-30-20-16-10-24-27(18(16)22-12-23-20)15-4-2-1-3-5-15/h1-10,12H,11H2,(H,25,28)(H,26,29). The lowest BCUT2D eigenvalue weighted by molar-refractivity contribution is -0.119. The molecule has 30 heavy (non-hydrogen) atoms. The molecule has 0 saturated carbocycles. The van der Waals surface area contributed by atoms with Crippen molar-refractivity contribution in [3.63, 3.8) is 0 Å². The van der Waals surface area contributed by atoms with Crippen molar-refractivity contribution < 1.29 is 14.0 Å². The molecule has 4 aromatic rings. The second-order valence-corrected chi connectivity index (χ2v) is 7.07. The fourth-order valence-corrected chi connectivity index (χ4v) is 3.43. The van der Waals surface area contributed by atoms with E-state index in [2.05, 4.69) is 25.9 Å². The van der Waals surface area contributed by atoms with Crippen molar-refractivity contribution in [2.75, 3.05) is 5.75 Å². The van der Waals surface area contributed by atoms with Crippen LogP contribution in [0.1, 0.15) is 10.4 Å². The quantitative estimate of drug-likeness (QED) is 0.291. The number of amides is 2. The molecule has 0 fully saturated rings. The number of hydrazine groups is 1. The second-order valence-electron chi connectivity index (χ2n) is 6.11. The number of hydrogen-bond donors (Lipinski definition) is 2. The molecule has 0 saturated heterocycles. The number of nitrogens with zero attached hydrogens (tertiary/aromatic N) is 4. The predicted molar refractivity (Wildman–Crippen MR) is 109 cm³/mol. The molecule has 8 nitrogen and oxygen atoms in total. The third-order valence-electron chi connectivity index (χ3n) is 4.09. The Balaban J connectivity index is 1.39. The van der Waals surface area contributed by atoms with Gasteiger partial charge in [0.1, 0.15) is 17.2 Å². The number of nitrogens with one attached hydrogen (secondary N) is 2. The number of fused-ring (bicyclic) bond motifs is 1. The maximum atomic E-state index is 12.9. The van der Waals surface area contributed by atoms with E-state index in [9.17, 15) is 14.0 Å². The van der Waals surface area contributed by atoms with Gasteiger partial charge in [-0.1, -0.05) is 30.0 Å². The average Bonchev–Trinajstić information content (AvgIpc) is 3.22. The molecule has 0 radical (unpaired) electrons. The highest BCUT2D eigenvalue weighted by atomic mass is 32.2. The summed E-state index contributed by atoms with van der Waals surface area (Å²) in [6.07, 6.45) is 3.07. The lowest BCUT2D eigenvalue weighted by atomic mass is 10.2. The van der Waals surface area contributed by atoms with E-state index in [0.29, 0.717) is 10.7 Å². The minimum absolute atomic E-state index is 0.0202. The van der Waals surface area contributed by atoms with Crippen molar-refractivity contribution in [2.24, 2.45) is 0 Å². The topological polar surface area (TPSA) is 102 Å². The molecule has 0 aliphatic heterocycles. The lowest BCUT2D eigenvalue weighted by Crippen LogP contribution is -2.42. The van der Waals surface area contributed by atoms with Gasteiger partial charge < -0.3 is 0 Å². The van der Waals surface area contributed by atoms with E-state index in [1.807, 2.05) is 30.3 Å². The van der Waals surface area contributed by atoms with Gasteiger partial charge >= 0.3 is 0 Å². The second kappa shape index (κ2) is 8.70. The van der Waals surface area contributed by atoms with Crippen LogP contribution in [0.5, 0.6) is 0 Å². The molecular formula is C20H15FN6O2S. The molecule has 0 spiro atoms. The minimum atomic E-state index is -0.540. The molecule has 2 heterocycles. The summed E-state index contributed by atoms with van der Waals surface area (Å²) in [5.41, 5.74) is 6.35. The Bertz CT molecular complexity index is 1200. The molecule has 2 N–H and O–H groups in total. The van der Waals surface area contributed by atoms with Gasteiger partial charge in [-0.15, -0.1) is 0 Å². The van der Waals surface area contributed by atoms with Crippen LogP contribution in [-0.4, -0.2) is 37.3 Å². The lowest BCUT2D eigenvalue weighted by Gasteiger charge is -2.07. The zero-order valence-electron chi connectivity index (χ0n) is 15.4. The van der Waals surface area contributed by atoms with E-state index in [-0.39, 0.29) is 11.3 Å². The van der Waals surface area contributed by atoms with Gasteiger partial charge in [0.05, 0.1) is 23.0 Å². The molecule has 2 aromatic heterocycles. The molecule has 10 heteroatoms. The van der Waals surface area contributed by atoms with Gasteiger partial charge in [-0.25, -0.2) is 19.0 Å². The monoisotopic (exact) mass is 422 g/mol. The Morgan fingerprint density at radius 2 is 1.77 bits per heavy atom. The zero-order valence-corrected chi connectivity index (χ0v) is 16.3. The Labute approximate surface area is 174 Å². The van der Waals surface area contributed by atoms with E-state index >= 15 is 0 Å². The Kier molecular flexibility index (Phi) is 5.66. The van der Waals surface area contributed by atoms with Crippen LogP contribution in [0.4, 0.5) is 4.39 Å². The number of aromatic nitrogens is 4.